The van der Waals surface area contributed by atoms with Gasteiger partial charge in [0.1, 0.15) is 0 Å². The maximum atomic E-state index is 11.9. The first-order valence-electron chi connectivity index (χ1n) is 33.5. The number of anilines is 1. The standard InChI is InChI=1S/C18H15Cl3N4S.C11H9Cl2N5.C11H11Cl2N3.C11H10Cl2N2O.C11H8Cl2N2O.C7H4ClNS.BH4.Na/c19-12-1-4-14(5-2-12)23-18(26)24-17(10-25-8-7-22-11-25)15-6-3-13(20)9-16(15)21;12-8-1-2-9(10(13)5-8)11(16-17-14)6-18-4-3-15-7-18;12-8-1-2-9(10(13)5-8)11(14)6-16-4-3-15-7-16;2*12-8-1-2-9(10(13)5-8)11(16)6-15-4-3-14-7-15;8-6-1-3-7(4-2-6)9-5-10;;/h1-9,11,17H,10H2,(H2,23,24,26);1-5,7,11H,6H2;1-5,7,11H,6,14H2;1-5,7,11,16H,6H2;1-5,7H,6H2;1-4H;1H4;/q;;;;;;-1;+1/i17D;3*11D;;;1D4;. The van der Waals surface area contributed by atoms with Crippen molar-refractivity contribution in [2.75, 3.05) is 5.32 Å². The number of ketones is 1. The number of Topliss-reactive ketones (excluding diaryl/α,β-unsaturated/α-hetero) is 1. The summed E-state index contributed by atoms with van der Waals surface area (Å²) in [6.07, 6.45) is 22.7. The number of rotatable bonds is 19. The van der Waals surface area contributed by atoms with Crippen LogP contribution in [0.25, 0.3) is 10.4 Å². The molecule has 4 atom stereocenters. The van der Waals surface area contributed by atoms with E-state index in [0.717, 1.165) is 11.4 Å². The Morgan fingerprint density at radius 1 is 0.548 bits per heavy atom. The Morgan fingerprint density at radius 3 is 1.37 bits per heavy atom. The fourth-order valence-corrected chi connectivity index (χ4v) is 11.7. The summed E-state index contributed by atoms with van der Waals surface area (Å²) < 4.78 is 65.9. The smallest absolute Gasteiger partial charge is 0.386 e. The molecule has 35 heteroatoms. The molecule has 0 aliphatic heterocycles. The van der Waals surface area contributed by atoms with Crippen molar-refractivity contribution in [3.63, 3.8) is 0 Å². The molecule has 7 aromatic carbocycles. The summed E-state index contributed by atoms with van der Waals surface area (Å²) in [7, 11) is -3.00. The average Bonchev–Trinajstić information content (AvgIpc) is 1.80. The molecule has 19 nitrogen and oxygen atoms in total. The van der Waals surface area contributed by atoms with Crippen LogP contribution < -0.4 is 45.9 Å². The first-order chi connectivity index (χ1) is 52.4. The Hall–Kier alpha value is -6.48. The van der Waals surface area contributed by atoms with E-state index in [9.17, 15) is 9.90 Å². The number of aliphatic hydroxyl groups is 1. The van der Waals surface area contributed by atoms with E-state index in [1.54, 1.807) is 238 Å². The van der Waals surface area contributed by atoms with Crippen molar-refractivity contribution in [3.8, 4) is 0 Å². The largest absolute Gasteiger partial charge is 1.00 e. The monoisotopic (exact) mass is 1690 g/mol. The van der Waals surface area contributed by atoms with Crippen molar-refractivity contribution in [3.05, 3.63) is 332 Å². The van der Waals surface area contributed by atoms with E-state index < -0.39 is 32.4 Å². The van der Waals surface area contributed by atoms with Crippen LogP contribution in [0.1, 0.15) is 62.2 Å². The molecule has 0 bridgehead atoms. The van der Waals surface area contributed by atoms with E-state index >= 15 is 0 Å². The SMILES string of the molecule is O=C(Cn1ccnc1)c1ccc(Cl)cc1Cl.S=C=Nc1ccc(Cl)cc1.[2H]C(Cn1ccnc1)(N=[N+]=[N-])c1ccc(Cl)cc1Cl.[2H]C(Cn1ccnc1)(NC(=S)Nc1ccc(Cl)cc1)c1ccc(Cl)cc1Cl.[2H]C(N)(Cn1ccnc1)c1ccc(Cl)cc1Cl.[2H]C(O)(Cn1ccnc1)c1ccc(Cl)cc1Cl.[2H][B-]([2H])([2H])[2H].[Na+]. The Bertz CT molecular complexity index is 4960. The third-order valence-corrected chi connectivity index (χ3v) is 16.8. The second-order valence-corrected chi connectivity index (χ2v) is 26.3. The fraction of sp³-hybridized carbons (Fsp3) is 0.130. The number of benzene rings is 7. The molecule has 12 rings (SSSR count). The van der Waals surface area contributed by atoms with Crippen molar-refractivity contribution in [2.45, 2.75) is 56.9 Å². The maximum absolute atomic E-state index is 11.9. The Morgan fingerprint density at radius 2 is 0.933 bits per heavy atom. The number of thiocarbonyl (C=S) groups is 2. The van der Waals surface area contributed by atoms with Gasteiger partial charge in [0.05, 0.1) is 82.8 Å². The molecular weight excluding hydrogens is 1620 g/mol. The molecule has 0 spiro atoms. The van der Waals surface area contributed by atoms with Gasteiger partial charge in [-0.05, 0) is 162 Å². The molecule has 0 aliphatic carbocycles. The zero-order chi connectivity index (χ0) is 81.7. The topological polar surface area (TPSA) is 238 Å². The average molecular weight is 1690 g/mol. The van der Waals surface area contributed by atoms with Crippen LogP contribution in [-0.4, -0.2) is 82.5 Å². The van der Waals surface area contributed by atoms with Crippen LogP contribution in [0.2, 0.25) is 60.3 Å². The second kappa shape index (κ2) is 46.6. The Kier molecular flexibility index (Phi) is 33.9. The zero-order valence-electron chi connectivity index (χ0n) is 62.1. The van der Waals surface area contributed by atoms with E-state index in [2.05, 4.69) is 68.0 Å². The van der Waals surface area contributed by atoms with Gasteiger partial charge in [-0.3, -0.25) is 4.79 Å². The Labute approximate surface area is 705 Å². The third-order valence-electron chi connectivity index (χ3n) is 13.3. The number of halogens is 12. The number of nitrogens with zero attached hydrogens (tertiary/aromatic N) is 14. The summed E-state index contributed by atoms with van der Waals surface area (Å²) in [5.41, 5.74) is 18.4. The van der Waals surface area contributed by atoms with Gasteiger partial charge >= 0.3 is 29.6 Å². The number of imidazole rings is 5. The van der Waals surface area contributed by atoms with Crippen LogP contribution in [0.15, 0.2) is 243 Å². The minimum Gasteiger partial charge on any atom is -0.386 e. The number of hydrogen-bond donors (Lipinski definition) is 4. The molecule has 0 aliphatic rings. The van der Waals surface area contributed by atoms with E-state index in [4.69, 9.17) is 174 Å². The van der Waals surface area contributed by atoms with E-state index in [1.807, 2.05) is 0 Å². The number of aromatic nitrogens is 10. The molecule has 534 valence electrons. The summed E-state index contributed by atoms with van der Waals surface area (Å²) in [5.74, 6) is -0.0698. The van der Waals surface area contributed by atoms with Gasteiger partial charge in [0.15, 0.2) is 10.9 Å². The predicted octanol–water partition coefficient (Wildman–Crippen LogP) is 17.3. The minimum absolute atomic E-state index is 0. The van der Waals surface area contributed by atoms with E-state index in [0.29, 0.717) is 78.0 Å². The van der Waals surface area contributed by atoms with Crippen molar-refractivity contribution in [1.82, 2.24) is 53.1 Å². The molecular formula is C69H61BCl12N17NaO2S2. The molecule has 5 heterocycles. The number of isothiocyanates is 1. The normalized spacial score (nSPS) is 13.7. The number of carbonyl (C=O) groups excluding carboxylic acids is 1. The molecule has 0 fully saturated rings. The van der Waals surface area contributed by atoms with E-state index in [1.165, 1.54) is 18.5 Å². The number of hydrogen-bond acceptors (Lipinski definition) is 12. The van der Waals surface area contributed by atoms with Gasteiger partial charge in [-0.1, -0.05) is 177 Å². The summed E-state index contributed by atoms with van der Waals surface area (Å²) in [4.78, 5) is 37.9. The van der Waals surface area contributed by atoms with Crippen molar-refractivity contribution >= 4 is 199 Å². The first kappa shape index (κ1) is 75.7. The number of aliphatic imine (C=N–C) groups is 1. The molecule has 0 saturated carbocycles. The van der Waals surface area contributed by atoms with E-state index in [-0.39, 0.29) is 83.2 Å². The summed E-state index contributed by atoms with van der Waals surface area (Å²) in [6, 6.07) is 34.1. The number of azide groups is 1. The fourth-order valence-electron chi connectivity index (χ4n) is 8.51. The Balaban J connectivity index is 0.000000241. The minimum atomic E-state index is -3.00. The predicted molar refractivity (Wildman–Crippen MR) is 433 cm³/mol. The molecule has 0 amide bonds. The van der Waals surface area contributed by atoms with Crippen molar-refractivity contribution < 1.29 is 44.9 Å². The van der Waals surface area contributed by atoms with Gasteiger partial charge < -0.3 is 44.3 Å². The number of nitrogens with two attached hydrogens (primary N) is 1. The molecule has 5 aromatic heterocycles. The van der Waals surface area contributed by atoms with Crippen molar-refractivity contribution in [1.29, 1.82) is 5.34 Å². The molecule has 4 unspecified atom stereocenters. The van der Waals surface area contributed by atoms with Gasteiger partial charge in [0.25, 0.3) is 0 Å². The van der Waals surface area contributed by atoms with Crippen LogP contribution in [0.4, 0.5) is 11.4 Å². The summed E-state index contributed by atoms with van der Waals surface area (Å²) in [6.45, 7) is 0.888. The maximum Gasteiger partial charge on any atom is 1.00 e. The summed E-state index contributed by atoms with van der Waals surface area (Å²) in [5, 5.41) is 27.8. The van der Waals surface area contributed by atoms with Gasteiger partial charge in [0.2, 0.25) is 0 Å². The van der Waals surface area contributed by atoms with Gasteiger partial charge in [-0.2, -0.15) is 4.99 Å². The van der Waals surface area contributed by atoms with Gasteiger partial charge in [0, 0.05) is 166 Å². The molecule has 0 radical (unpaired) electrons. The molecule has 0 saturated heterocycles. The van der Waals surface area contributed by atoms with Crippen LogP contribution in [0, 0.1) is 0 Å². The second-order valence-electron chi connectivity index (χ2n) is 20.6. The van der Waals surface area contributed by atoms with Crippen LogP contribution in [0.5, 0.6) is 0 Å². The number of nitrogens with one attached hydrogen (secondary N) is 2. The third kappa shape index (κ3) is 30.4. The summed E-state index contributed by atoms with van der Waals surface area (Å²) >= 11 is 80.9. The van der Waals surface area contributed by atoms with Crippen LogP contribution >= 0.6 is 164 Å². The van der Waals surface area contributed by atoms with Crippen LogP contribution in [0.3, 0.4) is 0 Å². The molecule has 104 heavy (non-hydrogen) atoms. The quantitative estimate of drug-likeness (QED) is 0.0112. The zero-order valence-corrected chi connectivity index (χ0v) is 66.8. The van der Waals surface area contributed by atoms with Gasteiger partial charge in [-0.15, -0.1) is 0 Å². The van der Waals surface area contributed by atoms with Crippen molar-refractivity contribution in [2.24, 2.45) is 15.8 Å². The molecule has 12 aromatic rings. The number of carbonyl (C=O) groups is 1. The van der Waals surface area contributed by atoms with Crippen LogP contribution in [-0.2, 0) is 32.7 Å². The van der Waals surface area contributed by atoms with Gasteiger partial charge in [-0.25, -0.2) is 30.3 Å². The molecule has 5 N–H and O–H groups in total. The first-order valence-corrected chi connectivity index (χ1v) is 34.6.